The molecule has 1 fully saturated rings. The third-order valence-corrected chi connectivity index (χ3v) is 5.16. The quantitative estimate of drug-likeness (QED) is 0.731. The van der Waals surface area contributed by atoms with E-state index < -0.39 is 0 Å². The largest absolute Gasteiger partial charge is 0.368 e. The SMILES string of the molecule is CCC(CNc1nc(-c2cccnc2)nc2ccccc12)N1CCCC1. The predicted octanol–water partition coefficient (Wildman–Crippen LogP) is 3.98. The number of nitrogens with zero attached hydrogens (tertiary/aromatic N) is 4. The van der Waals surface area contributed by atoms with Gasteiger partial charge in [0.05, 0.1) is 5.52 Å². The smallest absolute Gasteiger partial charge is 0.163 e. The number of rotatable bonds is 6. The van der Waals surface area contributed by atoms with Crippen molar-refractivity contribution in [2.75, 3.05) is 25.0 Å². The minimum absolute atomic E-state index is 0.549. The van der Waals surface area contributed by atoms with Gasteiger partial charge in [-0.3, -0.25) is 9.88 Å². The number of fused-ring (bicyclic) bond motifs is 1. The number of benzene rings is 1. The van der Waals surface area contributed by atoms with Gasteiger partial charge in [0, 0.05) is 35.9 Å². The van der Waals surface area contributed by atoms with Crippen LogP contribution in [0.4, 0.5) is 5.82 Å². The van der Waals surface area contributed by atoms with E-state index in [9.17, 15) is 0 Å². The first-order valence-corrected chi connectivity index (χ1v) is 9.50. The Morgan fingerprint density at radius 2 is 1.92 bits per heavy atom. The summed E-state index contributed by atoms with van der Waals surface area (Å²) in [5, 5.41) is 4.68. The minimum atomic E-state index is 0.549. The zero-order valence-electron chi connectivity index (χ0n) is 15.2. The van der Waals surface area contributed by atoms with Gasteiger partial charge in [-0.15, -0.1) is 0 Å². The average Bonchev–Trinajstić information content (AvgIpc) is 3.23. The van der Waals surface area contributed by atoms with Crippen molar-refractivity contribution >= 4 is 16.7 Å². The Morgan fingerprint density at radius 1 is 1.08 bits per heavy atom. The lowest BCUT2D eigenvalue weighted by Crippen LogP contribution is -2.37. The highest BCUT2D eigenvalue weighted by Gasteiger charge is 2.20. The van der Waals surface area contributed by atoms with E-state index in [0.717, 1.165) is 35.2 Å². The van der Waals surface area contributed by atoms with E-state index in [2.05, 4.69) is 28.2 Å². The van der Waals surface area contributed by atoms with Gasteiger partial charge in [0.25, 0.3) is 0 Å². The van der Waals surface area contributed by atoms with Crippen molar-refractivity contribution in [3.05, 3.63) is 48.8 Å². The van der Waals surface area contributed by atoms with Crippen LogP contribution >= 0.6 is 0 Å². The number of para-hydroxylation sites is 1. The zero-order valence-corrected chi connectivity index (χ0v) is 15.2. The van der Waals surface area contributed by atoms with Gasteiger partial charge in [0.1, 0.15) is 5.82 Å². The first-order valence-electron chi connectivity index (χ1n) is 9.50. The molecule has 4 rings (SSSR count). The fourth-order valence-electron chi connectivity index (χ4n) is 3.69. The number of pyridine rings is 1. The summed E-state index contributed by atoms with van der Waals surface area (Å²) in [6.45, 7) is 5.60. The maximum atomic E-state index is 4.82. The first kappa shape index (κ1) is 16.9. The maximum absolute atomic E-state index is 4.82. The lowest BCUT2D eigenvalue weighted by Gasteiger charge is -2.27. The number of hydrogen-bond donors (Lipinski definition) is 1. The van der Waals surface area contributed by atoms with Crippen LogP contribution in [0.25, 0.3) is 22.3 Å². The average molecular weight is 347 g/mol. The first-order chi connectivity index (χ1) is 12.8. The second-order valence-electron chi connectivity index (χ2n) is 6.84. The van der Waals surface area contributed by atoms with Gasteiger partial charge in [-0.05, 0) is 56.6 Å². The van der Waals surface area contributed by atoms with Crippen LogP contribution in [0.3, 0.4) is 0 Å². The number of likely N-dealkylation sites (tertiary alicyclic amines) is 1. The van der Waals surface area contributed by atoms with Crippen LogP contribution in [0.2, 0.25) is 0 Å². The molecule has 3 aromatic rings. The molecule has 0 saturated carbocycles. The molecular weight excluding hydrogens is 322 g/mol. The van der Waals surface area contributed by atoms with Gasteiger partial charge in [0.15, 0.2) is 5.82 Å². The molecule has 5 heteroatoms. The Hall–Kier alpha value is -2.53. The summed E-state index contributed by atoms with van der Waals surface area (Å²) in [6.07, 6.45) is 7.36. The summed E-state index contributed by atoms with van der Waals surface area (Å²) in [7, 11) is 0. The number of nitrogens with one attached hydrogen (secondary N) is 1. The summed E-state index contributed by atoms with van der Waals surface area (Å²) in [5.74, 6) is 1.63. The summed E-state index contributed by atoms with van der Waals surface area (Å²) in [4.78, 5) is 16.4. The van der Waals surface area contributed by atoms with E-state index in [4.69, 9.17) is 9.97 Å². The Morgan fingerprint density at radius 3 is 2.69 bits per heavy atom. The number of hydrogen-bond acceptors (Lipinski definition) is 5. The van der Waals surface area contributed by atoms with Gasteiger partial charge in [0.2, 0.25) is 0 Å². The fraction of sp³-hybridized carbons (Fsp3) is 0.381. The molecule has 1 saturated heterocycles. The third-order valence-electron chi connectivity index (χ3n) is 5.16. The van der Waals surface area contributed by atoms with Crippen LogP contribution in [0.1, 0.15) is 26.2 Å². The second-order valence-corrected chi connectivity index (χ2v) is 6.84. The molecular formula is C21H25N5. The van der Waals surface area contributed by atoms with Crippen LogP contribution in [-0.2, 0) is 0 Å². The zero-order chi connectivity index (χ0) is 17.8. The standard InChI is InChI=1S/C21H25N5/c1-2-17(26-12-5-6-13-26)15-23-21-18-9-3-4-10-19(18)24-20(25-21)16-8-7-11-22-14-16/h3-4,7-11,14,17H,2,5-6,12-13,15H2,1H3,(H,23,24,25). The lowest BCUT2D eigenvalue weighted by molar-refractivity contribution is 0.246. The van der Waals surface area contributed by atoms with Crippen molar-refractivity contribution < 1.29 is 0 Å². The summed E-state index contributed by atoms with van der Waals surface area (Å²) in [6, 6.07) is 12.7. The molecule has 0 radical (unpaired) electrons. The third kappa shape index (κ3) is 3.53. The van der Waals surface area contributed by atoms with E-state index in [1.54, 1.807) is 6.20 Å². The molecule has 26 heavy (non-hydrogen) atoms. The van der Waals surface area contributed by atoms with Crippen molar-refractivity contribution in [1.29, 1.82) is 0 Å². The second kappa shape index (κ2) is 7.79. The predicted molar refractivity (Wildman–Crippen MR) is 106 cm³/mol. The van der Waals surface area contributed by atoms with E-state index in [1.807, 2.05) is 36.5 Å². The fourth-order valence-corrected chi connectivity index (χ4v) is 3.69. The Labute approximate surface area is 154 Å². The molecule has 1 atom stereocenters. The highest BCUT2D eigenvalue weighted by atomic mass is 15.2. The Balaban J connectivity index is 1.64. The minimum Gasteiger partial charge on any atom is -0.368 e. The van der Waals surface area contributed by atoms with E-state index in [-0.39, 0.29) is 0 Å². The van der Waals surface area contributed by atoms with Gasteiger partial charge in [-0.1, -0.05) is 19.1 Å². The molecule has 2 aromatic heterocycles. The molecule has 1 aromatic carbocycles. The molecule has 5 nitrogen and oxygen atoms in total. The molecule has 0 bridgehead atoms. The molecule has 1 N–H and O–H groups in total. The van der Waals surface area contributed by atoms with E-state index in [0.29, 0.717) is 11.9 Å². The van der Waals surface area contributed by atoms with Gasteiger partial charge in [-0.2, -0.15) is 0 Å². The molecule has 1 aliphatic heterocycles. The lowest BCUT2D eigenvalue weighted by atomic mass is 10.1. The maximum Gasteiger partial charge on any atom is 0.163 e. The molecule has 0 spiro atoms. The van der Waals surface area contributed by atoms with Crippen molar-refractivity contribution in [3.63, 3.8) is 0 Å². The number of aromatic nitrogens is 3. The van der Waals surface area contributed by atoms with E-state index in [1.165, 1.54) is 25.9 Å². The normalized spacial score (nSPS) is 16.0. The van der Waals surface area contributed by atoms with Crippen molar-refractivity contribution in [2.45, 2.75) is 32.2 Å². The van der Waals surface area contributed by atoms with Crippen molar-refractivity contribution in [3.8, 4) is 11.4 Å². The molecule has 0 aliphatic carbocycles. The van der Waals surface area contributed by atoms with Crippen LogP contribution in [0.5, 0.6) is 0 Å². The monoisotopic (exact) mass is 347 g/mol. The van der Waals surface area contributed by atoms with Crippen molar-refractivity contribution in [1.82, 2.24) is 19.9 Å². The molecule has 134 valence electrons. The summed E-state index contributed by atoms with van der Waals surface area (Å²) < 4.78 is 0. The van der Waals surface area contributed by atoms with Gasteiger partial charge >= 0.3 is 0 Å². The van der Waals surface area contributed by atoms with Gasteiger partial charge < -0.3 is 5.32 Å². The Kier molecular flexibility index (Phi) is 5.07. The van der Waals surface area contributed by atoms with Crippen LogP contribution in [-0.4, -0.2) is 45.5 Å². The summed E-state index contributed by atoms with van der Waals surface area (Å²) >= 11 is 0. The number of anilines is 1. The molecule has 1 unspecified atom stereocenters. The van der Waals surface area contributed by atoms with Crippen LogP contribution in [0, 0.1) is 0 Å². The van der Waals surface area contributed by atoms with Gasteiger partial charge in [-0.25, -0.2) is 9.97 Å². The topological polar surface area (TPSA) is 53.9 Å². The Bertz CT molecular complexity index is 859. The molecule has 1 aliphatic rings. The van der Waals surface area contributed by atoms with Crippen LogP contribution < -0.4 is 5.32 Å². The molecule has 3 heterocycles. The van der Waals surface area contributed by atoms with Crippen molar-refractivity contribution in [2.24, 2.45) is 0 Å². The molecule has 0 amide bonds. The highest BCUT2D eigenvalue weighted by Crippen LogP contribution is 2.25. The van der Waals surface area contributed by atoms with Crippen LogP contribution in [0.15, 0.2) is 48.8 Å². The highest BCUT2D eigenvalue weighted by molar-refractivity contribution is 5.90. The van der Waals surface area contributed by atoms with E-state index >= 15 is 0 Å². The summed E-state index contributed by atoms with van der Waals surface area (Å²) in [5.41, 5.74) is 1.89.